The molecule has 0 saturated carbocycles. The molecule has 0 amide bonds. The van der Waals surface area contributed by atoms with Crippen molar-refractivity contribution in [2.75, 3.05) is 0 Å². The molecule has 60 heavy (non-hydrogen) atoms. The van der Waals surface area contributed by atoms with E-state index in [2.05, 4.69) is 209 Å². The molecule has 0 radical (unpaired) electrons. The van der Waals surface area contributed by atoms with Crippen LogP contribution in [-0.4, -0.2) is 0 Å². The minimum absolute atomic E-state index is 0.648. The Balaban J connectivity index is 0.000000418. The van der Waals surface area contributed by atoms with Crippen molar-refractivity contribution in [3.63, 3.8) is 0 Å². The fourth-order valence-electron chi connectivity index (χ4n) is 8.75. The number of benzene rings is 10. The molecule has 10 aromatic carbocycles. The van der Waals surface area contributed by atoms with E-state index in [-0.39, 0.29) is 0 Å². The lowest BCUT2D eigenvalue weighted by Crippen LogP contribution is -1.87. The van der Waals surface area contributed by atoms with Gasteiger partial charge in [0, 0.05) is 0 Å². The molecule has 0 spiro atoms. The van der Waals surface area contributed by atoms with E-state index in [0.29, 0.717) is 5.92 Å². The number of hydrogen-bond acceptors (Lipinski definition) is 0. The third kappa shape index (κ3) is 7.01. The van der Waals surface area contributed by atoms with E-state index in [9.17, 15) is 0 Å². The normalized spacial score (nSPS) is 11.5. The zero-order valence-corrected chi connectivity index (χ0v) is 34.6. The van der Waals surface area contributed by atoms with Gasteiger partial charge in [0.15, 0.2) is 0 Å². The smallest absolute Gasteiger partial charge is 0.00201 e. The maximum atomic E-state index is 3.56. The van der Waals surface area contributed by atoms with E-state index < -0.39 is 0 Å². The largest absolute Gasteiger partial charge is 0.103 e. The maximum absolute atomic E-state index is 3.56. The Morgan fingerprint density at radius 3 is 1.60 bits per heavy atom. The summed E-state index contributed by atoms with van der Waals surface area (Å²) in [4.78, 5) is 0. The molecule has 0 heteroatoms. The van der Waals surface area contributed by atoms with Crippen LogP contribution in [0.3, 0.4) is 0 Å². The minimum Gasteiger partial charge on any atom is -0.103 e. The van der Waals surface area contributed by atoms with Crippen LogP contribution in [0.2, 0.25) is 0 Å². The van der Waals surface area contributed by atoms with Crippen LogP contribution < -0.4 is 0 Å². The molecule has 0 bridgehead atoms. The average Bonchev–Trinajstić information content (AvgIpc) is 3.63. The molecule has 0 N–H and O–H groups in total. The summed E-state index contributed by atoms with van der Waals surface area (Å²) < 4.78 is 0. The Morgan fingerprint density at radius 2 is 0.900 bits per heavy atom. The summed E-state index contributed by atoms with van der Waals surface area (Å²) in [5.41, 5.74) is 12.8. The van der Waals surface area contributed by atoms with Gasteiger partial charge in [-0.05, 0) is 141 Å². The lowest BCUT2D eigenvalue weighted by atomic mass is 9.90. The predicted molar refractivity (Wildman–Crippen MR) is 265 cm³/mol. The Morgan fingerprint density at radius 1 is 0.367 bits per heavy atom. The Labute approximate surface area is 354 Å². The second-order valence-electron chi connectivity index (χ2n) is 15.9. The van der Waals surface area contributed by atoms with Crippen LogP contribution in [0.5, 0.6) is 0 Å². The molecule has 0 unspecified atom stereocenters. The maximum Gasteiger partial charge on any atom is -0.00201 e. The van der Waals surface area contributed by atoms with Gasteiger partial charge in [0.25, 0.3) is 0 Å². The summed E-state index contributed by atoms with van der Waals surface area (Å²) in [6.07, 6.45) is 7.49. The molecule has 0 nitrogen and oxygen atoms in total. The highest BCUT2D eigenvalue weighted by atomic mass is 14.2. The number of rotatable bonds is 5. The summed E-state index contributed by atoms with van der Waals surface area (Å²) in [5, 5.41) is 13.0. The Bertz CT molecular complexity index is 3230. The highest BCUT2D eigenvalue weighted by Crippen LogP contribution is 2.49. The van der Waals surface area contributed by atoms with Crippen molar-refractivity contribution in [2.24, 2.45) is 5.92 Å². The van der Waals surface area contributed by atoms with E-state index >= 15 is 0 Å². The Hall–Kier alpha value is -7.28. The molecule has 1 aliphatic rings. The van der Waals surface area contributed by atoms with Crippen molar-refractivity contribution < 1.29 is 0 Å². The molecule has 0 atom stereocenters. The molecule has 11 rings (SSSR count). The van der Waals surface area contributed by atoms with Crippen LogP contribution in [0.1, 0.15) is 20.8 Å². The predicted octanol–water partition coefficient (Wildman–Crippen LogP) is 17.7. The first-order valence-corrected chi connectivity index (χ1v) is 21.0. The highest BCUT2D eigenvalue weighted by molar-refractivity contribution is 6.23. The molecule has 10 aromatic rings. The lowest BCUT2D eigenvalue weighted by molar-refractivity contribution is 0.835. The summed E-state index contributed by atoms with van der Waals surface area (Å²) in [6, 6.07) is 67.5. The van der Waals surface area contributed by atoms with Crippen molar-refractivity contribution in [3.05, 3.63) is 219 Å². The highest BCUT2D eigenvalue weighted by Gasteiger charge is 2.22. The van der Waals surface area contributed by atoms with Crippen LogP contribution in [0.4, 0.5) is 0 Å². The van der Waals surface area contributed by atoms with Crippen LogP contribution >= 0.6 is 0 Å². The Kier molecular flexibility index (Phi) is 10.5. The van der Waals surface area contributed by atoms with Crippen LogP contribution in [-0.2, 0) is 0 Å². The van der Waals surface area contributed by atoms with Gasteiger partial charge in [-0.3, -0.25) is 0 Å². The summed E-state index contributed by atoms with van der Waals surface area (Å²) in [5.74, 6) is 0.648. The zero-order valence-electron chi connectivity index (χ0n) is 34.6. The number of fused-ring (bicyclic) bond motifs is 9. The van der Waals surface area contributed by atoms with E-state index in [0.717, 1.165) is 0 Å². The van der Waals surface area contributed by atoms with Crippen molar-refractivity contribution >= 4 is 53.9 Å². The third-order valence-corrected chi connectivity index (χ3v) is 11.8. The fraction of sp³-hybridized carbons (Fsp3) is 0.0667. The molecule has 0 fully saturated rings. The summed E-state index contributed by atoms with van der Waals surface area (Å²) in [7, 11) is 0. The van der Waals surface area contributed by atoms with Crippen LogP contribution in [0.25, 0.3) is 109 Å². The zero-order chi connectivity index (χ0) is 41.2. The second kappa shape index (κ2) is 16.5. The molecule has 0 aliphatic heterocycles. The fourth-order valence-corrected chi connectivity index (χ4v) is 8.75. The standard InChI is InChI=1S/C50H30.C5H10.C5H8/c1-2-9-40-33(8-1)22-25-37-30-48(43-12-5-6-13-45(43)49(37)40)36-24-19-32-18-23-35(28-38(32)29-36)31-16-20-34(21-17-31)39-26-27-47-42-11-4-3-10-41(42)46-15-7-14-44(39)50(46)47;1-4-5(2)3;1-3-5-4-2/h1-30H;4-5H,1H2,2-3H3;3-5H,1H2,2H3/b;;5-4-. The number of allylic oxidation sites excluding steroid dienone is 4. The molecule has 1 aliphatic carbocycles. The van der Waals surface area contributed by atoms with Gasteiger partial charge < -0.3 is 0 Å². The average molecular weight is 769 g/mol. The minimum atomic E-state index is 0.648. The second-order valence-corrected chi connectivity index (χ2v) is 15.9. The van der Waals surface area contributed by atoms with Gasteiger partial charge in [-0.25, -0.2) is 0 Å². The molecule has 288 valence electrons. The van der Waals surface area contributed by atoms with E-state index in [1.54, 1.807) is 6.08 Å². The van der Waals surface area contributed by atoms with Gasteiger partial charge in [-0.2, -0.15) is 0 Å². The van der Waals surface area contributed by atoms with Crippen LogP contribution in [0.15, 0.2) is 219 Å². The van der Waals surface area contributed by atoms with E-state index in [1.165, 1.54) is 109 Å². The van der Waals surface area contributed by atoms with Crippen molar-refractivity contribution in [2.45, 2.75) is 20.8 Å². The van der Waals surface area contributed by atoms with Gasteiger partial charge in [0.2, 0.25) is 0 Å². The lowest BCUT2D eigenvalue weighted by Gasteiger charge is -2.14. The van der Waals surface area contributed by atoms with Crippen molar-refractivity contribution in [1.82, 2.24) is 0 Å². The topological polar surface area (TPSA) is 0 Å². The molecule has 0 heterocycles. The van der Waals surface area contributed by atoms with Gasteiger partial charge in [-0.1, -0.05) is 209 Å². The van der Waals surface area contributed by atoms with Gasteiger partial charge in [0.1, 0.15) is 0 Å². The molecular weight excluding hydrogens is 721 g/mol. The summed E-state index contributed by atoms with van der Waals surface area (Å²) in [6.45, 7) is 13.2. The molecule has 0 aromatic heterocycles. The third-order valence-electron chi connectivity index (χ3n) is 11.8. The molecule has 0 saturated heterocycles. The first kappa shape index (κ1) is 38.2. The monoisotopic (exact) mass is 768 g/mol. The quantitative estimate of drug-likeness (QED) is 0.0929. The van der Waals surface area contributed by atoms with Crippen molar-refractivity contribution in [3.8, 4) is 55.6 Å². The van der Waals surface area contributed by atoms with Gasteiger partial charge >= 0.3 is 0 Å². The van der Waals surface area contributed by atoms with Gasteiger partial charge in [-0.15, -0.1) is 6.58 Å². The van der Waals surface area contributed by atoms with E-state index in [4.69, 9.17) is 0 Å². The first-order valence-electron chi connectivity index (χ1n) is 21.0. The van der Waals surface area contributed by atoms with E-state index in [1.807, 2.05) is 25.2 Å². The number of hydrogen-bond donors (Lipinski definition) is 0. The first-order chi connectivity index (χ1) is 29.5. The summed E-state index contributed by atoms with van der Waals surface area (Å²) >= 11 is 0. The van der Waals surface area contributed by atoms with Gasteiger partial charge in [0.05, 0.1) is 0 Å². The SMILES string of the molecule is C=C/C=C\C.C=CC(C)C.c1ccc2c(c1)-c1cccc3c(-c4ccc(-c5ccc6ccc(-c7cc8ccc9ccccc9c8c8ccccc78)cc6c5)cc4)ccc-2c13. The molecular formula is C60H48. The van der Waals surface area contributed by atoms with Crippen LogP contribution in [0, 0.1) is 5.92 Å². The van der Waals surface area contributed by atoms with Crippen molar-refractivity contribution in [1.29, 1.82) is 0 Å².